The minimum absolute atomic E-state index is 0.0244. The van der Waals surface area contributed by atoms with Gasteiger partial charge in [0.1, 0.15) is 0 Å². The molecule has 1 aromatic carbocycles. The minimum Gasteiger partial charge on any atom is -0.346 e. The second-order valence-corrected chi connectivity index (χ2v) is 6.71. The summed E-state index contributed by atoms with van der Waals surface area (Å²) in [7, 11) is 4.15. The summed E-state index contributed by atoms with van der Waals surface area (Å²) in [5.41, 5.74) is 2.02. The van der Waals surface area contributed by atoms with Crippen LogP contribution in [0, 0.1) is 5.92 Å². The number of aromatic nitrogens is 1. The number of carbonyl (C=O) groups is 1. The quantitative estimate of drug-likeness (QED) is 0.785. The lowest BCUT2D eigenvalue weighted by molar-refractivity contribution is -0.115. The highest BCUT2D eigenvalue weighted by molar-refractivity contribution is 5.94. The van der Waals surface area contributed by atoms with Crippen LogP contribution < -0.4 is 10.6 Å². The van der Waals surface area contributed by atoms with Gasteiger partial charge in [0, 0.05) is 25.0 Å². The molecule has 0 aliphatic heterocycles. The lowest BCUT2D eigenvalue weighted by Gasteiger charge is -2.12. The molecule has 5 heteroatoms. The first-order valence-electron chi connectivity index (χ1n) is 8.36. The lowest BCUT2D eigenvalue weighted by Crippen LogP contribution is -2.29. The molecule has 2 N–H and O–H groups in total. The normalized spacial score (nSPS) is 14.6. The van der Waals surface area contributed by atoms with Gasteiger partial charge < -0.3 is 20.1 Å². The SMILES string of the molecule is CN(C)CCn1ccc2ccc(NC(=O)CNCC3CC3)cc21. The number of hydrogen-bond acceptors (Lipinski definition) is 3. The van der Waals surface area contributed by atoms with Crippen LogP contribution in [0.5, 0.6) is 0 Å². The number of benzene rings is 1. The lowest BCUT2D eigenvalue weighted by atomic mass is 10.2. The Morgan fingerprint density at radius 2 is 2.13 bits per heavy atom. The molecule has 0 radical (unpaired) electrons. The second-order valence-electron chi connectivity index (χ2n) is 6.71. The van der Waals surface area contributed by atoms with Crippen LogP contribution in [0.2, 0.25) is 0 Å². The van der Waals surface area contributed by atoms with Crippen molar-refractivity contribution in [2.45, 2.75) is 19.4 Å². The number of fused-ring (bicyclic) bond motifs is 1. The van der Waals surface area contributed by atoms with E-state index >= 15 is 0 Å². The summed E-state index contributed by atoms with van der Waals surface area (Å²) in [5, 5.41) is 7.41. The summed E-state index contributed by atoms with van der Waals surface area (Å²) < 4.78 is 2.23. The number of amides is 1. The maximum Gasteiger partial charge on any atom is 0.238 e. The van der Waals surface area contributed by atoms with Gasteiger partial charge in [-0.2, -0.15) is 0 Å². The van der Waals surface area contributed by atoms with E-state index in [-0.39, 0.29) is 5.91 Å². The Bertz CT molecular complexity index is 673. The van der Waals surface area contributed by atoms with E-state index in [0.717, 1.165) is 36.8 Å². The van der Waals surface area contributed by atoms with Crippen molar-refractivity contribution in [3.63, 3.8) is 0 Å². The van der Waals surface area contributed by atoms with E-state index in [1.807, 2.05) is 6.07 Å². The third-order valence-electron chi connectivity index (χ3n) is 4.26. The van der Waals surface area contributed by atoms with Crippen LogP contribution in [0.3, 0.4) is 0 Å². The topological polar surface area (TPSA) is 49.3 Å². The Labute approximate surface area is 137 Å². The standard InChI is InChI=1S/C18H26N4O/c1-21(2)9-10-22-8-7-15-5-6-16(11-17(15)22)20-18(23)13-19-12-14-3-4-14/h5-8,11,14,19H,3-4,9-10,12-13H2,1-2H3,(H,20,23). The summed E-state index contributed by atoms with van der Waals surface area (Å²) in [5.74, 6) is 0.815. The molecule has 0 bridgehead atoms. The first-order valence-corrected chi connectivity index (χ1v) is 8.36. The van der Waals surface area contributed by atoms with Gasteiger partial charge in [0.2, 0.25) is 5.91 Å². The molecule has 2 aromatic rings. The molecule has 1 aliphatic carbocycles. The molecule has 1 saturated carbocycles. The number of nitrogens with one attached hydrogen (secondary N) is 2. The fourth-order valence-corrected chi connectivity index (χ4v) is 2.68. The van der Waals surface area contributed by atoms with Gasteiger partial charge in [0.05, 0.1) is 12.1 Å². The number of nitrogens with zero attached hydrogens (tertiary/aromatic N) is 2. The minimum atomic E-state index is 0.0244. The van der Waals surface area contributed by atoms with Gasteiger partial charge in [-0.1, -0.05) is 6.07 Å². The van der Waals surface area contributed by atoms with Crippen LogP contribution in [0.15, 0.2) is 30.5 Å². The third-order valence-corrected chi connectivity index (χ3v) is 4.26. The van der Waals surface area contributed by atoms with Crippen molar-refractivity contribution in [2.24, 2.45) is 5.92 Å². The zero-order chi connectivity index (χ0) is 16.2. The molecule has 1 aromatic heterocycles. The van der Waals surface area contributed by atoms with Crippen LogP contribution in [-0.2, 0) is 11.3 Å². The van der Waals surface area contributed by atoms with Gasteiger partial charge in [-0.3, -0.25) is 4.79 Å². The highest BCUT2D eigenvalue weighted by atomic mass is 16.1. The molecule has 0 saturated heterocycles. The molecule has 0 atom stereocenters. The van der Waals surface area contributed by atoms with Gasteiger partial charge in [-0.25, -0.2) is 0 Å². The van der Waals surface area contributed by atoms with Gasteiger partial charge in [0.15, 0.2) is 0 Å². The van der Waals surface area contributed by atoms with Gasteiger partial charge in [0.25, 0.3) is 0 Å². The zero-order valence-electron chi connectivity index (χ0n) is 14.0. The van der Waals surface area contributed by atoms with Crippen molar-refractivity contribution in [2.75, 3.05) is 39.0 Å². The van der Waals surface area contributed by atoms with Crippen LogP contribution >= 0.6 is 0 Å². The van der Waals surface area contributed by atoms with E-state index in [1.165, 1.54) is 18.2 Å². The van der Waals surface area contributed by atoms with Crippen molar-refractivity contribution in [3.05, 3.63) is 30.5 Å². The number of hydrogen-bond donors (Lipinski definition) is 2. The van der Waals surface area contributed by atoms with E-state index in [4.69, 9.17) is 0 Å². The summed E-state index contributed by atoms with van der Waals surface area (Å²) in [6.45, 7) is 3.28. The van der Waals surface area contributed by atoms with E-state index < -0.39 is 0 Å². The number of rotatable bonds is 8. The summed E-state index contributed by atoms with van der Waals surface area (Å²) in [4.78, 5) is 14.2. The van der Waals surface area contributed by atoms with E-state index in [9.17, 15) is 4.79 Å². The van der Waals surface area contributed by atoms with Crippen LogP contribution in [0.4, 0.5) is 5.69 Å². The first kappa shape index (κ1) is 16.0. The Balaban J connectivity index is 1.61. The molecule has 23 heavy (non-hydrogen) atoms. The van der Waals surface area contributed by atoms with Crippen molar-refractivity contribution in [3.8, 4) is 0 Å². The van der Waals surface area contributed by atoms with Gasteiger partial charge >= 0.3 is 0 Å². The fourth-order valence-electron chi connectivity index (χ4n) is 2.68. The largest absolute Gasteiger partial charge is 0.346 e. The first-order chi connectivity index (χ1) is 11.1. The molecule has 1 heterocycles. The van der Waals surface area contributed by atoms with Gasteiger partial charge in [-0.15, -0.1) is 0 Å². The molecule has 1 amide bonds. The Hall–Kier alpha value is -1.85. The van der Waals surface area contributed by atoms with E-state index in [1.54, 1.807) is 0 Å². The highest BCUT2D eigenvalue weighted by Gasteiger charge is 2.20. The van der Waals surface area contributed by atoms with Crippen molar-refractivity contribution in [1.29, 1.82) is 0 Å². The Kier molecular flexibility index (Phi) is 4.98. The van der Waals surface area contributed by atoms with Crippen molar-refractivity contribution >= 4 is 22.5 Å². The number of carbonyl (C=O) groups excluding carboxylic acids is 1. The average molecular weight is 314 g/mol. The molecule has 0 spiro atoms. The molecular weight excluding hydrogens is 288 g/mol. The van der Waals surface area contributed by atoms with Crippen LogP contribution in [-0.4, -0.2) is 49.1 Å². The predicted octanol–water partition coefficient (Wildman–Crippen LogP) is 2.14. The Morgan fingerprint density at radius 3 is 2.87 bits per heavy atom. The monoisotopic (exact) mass is 314 g/mol. The Morgan fingerprint density at radius 1 is 1.30 bits per heavy atom. The molecule has 1 aliphatic rings. The third kappa shape index (κ3) is 4.56. The molecule has 0 unspecified atom stereocenters. The molecule has 3 rings (SSSR count). The molecular formula is C18H26N4O. The van der Waals surface area contributed by atoms with Crippen molar-refractivity contribution in [1.82, 2.24) is 14.8 Å². The number of likely N-dealkylation sites (N-methyl/N-ethyl adjacent to an activating group) is 1. The zero-order valence-corrected chi connectivity index (χ0v) is 14.0. The van der Waals surface area contributed by atoms with E-state index in [2.05, 4.69) is 58.6 Å². The van der Waals surface area contributed by atoms with Crippen LogP contribution in [0.25, 0.3) is 10.9 Å². The fraction of sp³-hybridized carbons (Fsp3) is 0.500. The van der Waals surface area contributed by atoms with Crippen LogP contribution in [0.1, 0.15) is 12.8 Å². The summed E-state index contributed by atoms with van der Waals surface area (Å²) in [6, 6.07) is 8.21. The highest BCUT2D eigenvalue weighted by Crippen LogP contribution is 2.27. The maximum absolute atomic E-state index is 12.0. The molecule has 124 valence electrons. The number of anilines is 1. The molecule has 1 fully saturated rings. The van der Waals surface area contributed by atoms with Gasteiger partial charge in [-0.05, 0) is 63.0 Å². The summed E-state index contributed by atoms with van der Waals surface area (Å²) in [6.07, 6.45) is 4.71. The maximum atomic E-state index is 12.0. The smallest absolute Gasteiger partial charge is 0.238 e. The second kappa shape index (κ2) is 7.15. The summed E-state index contributed by atoms with van der Waals surface area (Å²) >= 11 is 0. The molecule has 5 nitrogen and oxygen atoms in total. The average Bonchev–Trinajstić information content (AvgIpc) is 3.24. The predicted molar refractivity (Wildman–Crippen MR) is 94.7 cm³/mol. The van der Waals surface area contributed by atoms with E-state index in [0.29, 0.717) is 6.54 Å². The van der Waals surface area contributed by atoms with Crippen molar-refractivity contribution < 1.29 is 4.79 Å².